The molecule has 2 aromatic rings. The summed E-state index contributed by atoms with van der Waals surface area (Å²) < 4.78 is 0. The van der Waals surface area contributed by atoms with Gasteiger partial charge in [-0.1, -0.05) is 0 Å². The normalized spacial score (nSPS) is 19.7. The minimum Gasteiger partial charge on any atom is -0.352 e. The molecule has 3 aliphatic rings. The van der Waals surface area contributed by atoms with Crippen molar-refractivity contribution in [2.24, 2.45) is 5.92 Å². The molecule has 1 aliphatic carbocycles. The number of aryl methyl sites for hydroxylation is 2. The van der Waals surface area contributed by atoms with Crippen LogP contribution in [0, 0.1) is 19.8 Å². The molecule has 0 radical (unpaired) electrons. The first-order chi connectivity index (χ1) is 14.8. The molecule has 31 heavy (non-hydrogen) atoms. The van der Waals surface area contributed by atoms with Gasteiger partial charge in [0.25, 0.3) is 5.91 Å². The van der Waals surface area contributed by atoms with Gasteiger partial charge in [-0.2, -0.15) is 0 Å². The highest BCUT2D eigenvalue weighted by Gasteiger charge is 2.41. The molecule has 1 saturated carbocycles. The molecule has 0 N–H and O–H groups in total. The average Bonchev–Trinajstić information content (AvgIpc) is 3.47. The molecule has 5 rings (SSSR count). The number of hydrogen-bond acceptors (Lipinski definition) is 6. The topological polar surface area (TPSA) is 69.6 Å². The van der Waals surface area contributed by atoms with E-state index < -0.39 is 0 Å². The lowest BCUT2D eigenvalue weighted by atomic mass is 10.1. The Hall–Kier alpha value is -2.48. The van der Waals surface area contributed by atoms with E-state index in [1.807, 2.05) is 23.6 Å². The van der Waals surface area contributed by atoms with Gasteiger partial charge in [0.15, 0.2) is 0 Å². The Labute approximate surface area is 187 Å². The van der Waals surface area contributed by atoms with E-state index in [-0.39, 0.29) is 17.9 Å². The molecule has 4 heterocycles. The number of amides is 2. The minimum absolute atomic E-state index is 0.0999. The molecule has 164 valence electrons. The van der Waals surface area contributed by atoms with Crippen molar-refractivity contribution in [3.63, 3.8) is 0 Å². The fraction of sp³-hybridized carbons (Fsp3) is 0.565. The van der Waals surface area contributed by atoms with Crippen molar-refractivity contribution in [3.05, 3.63) is 27.9 Å². The lowest BCUT2D eigenvalue weighted by Gasteiger charge is -2.35. The van der Waals surface area contributed by atoms with Crippen LogP contribution in [-0.4, -0.2) is 63.8 Å². The highest BCUT2D eigenvalue weighted by Crippen LogP contribution is 2.41. The number of pyridine rings is 1. The van der Waals surface area contributed by atoms with Gasteiger partial charge in [-0.05, 0) is 51.2 Å². The maximum Gasteiger partial charge on any atom is 0.258 e. The first-order valence-electron chi connectivity index (χ1n) is 11.1. The summed E-state index contributed by atoms with van der Waals surface area (Å²) in [6.07, 6.45) is 2.42. The lowest BCUT2D eigenvalue weighted by Crippen LogP contribution is -2.48. The molecule has 2 amide bonds. The molecule has 2 fully saturated rings. The number of piperazine rings is 1. The predicted molar refractivity (Wildman–Crippen MR) is 121 cm³/mol. The van der Waals surface area contributed by atoms with Crippen LogP contribution in [0.15, 0.2) is 6.07 Å². The van der Waals surface area contributed by atoms with Crippen LogP contribution < -0.4 is 4.90 Å². The molecule has 7 nitrogen and oxygen atoms in total. The maximum atomic E-state index is 13.5. The lowest BCUT2D eigenvalue weighted by molar-refractivity contribution is -0.129. The maximum absolute atomic E-state index is 13.5. The number of carbonyl (C=O) groups excluding carboxylic acids is 2. The van der Waals surface area contributed by atoms with Crippen LogP contribution in [0.1, 0.15) is 53.3 Å². The summed E-state index contributed by atoms with van der Waals surface area (Å²) in [6, 6.07) is 2.36. The molecule has 8 heteroatoms. The van der Waals surface area contributed by atoms with E-state index >= 15 is 0 Å². The molecular formula is C23H29N5O2S. The number of hydrogen-bond donors (Lipinski definition) is 0. The van der Waals surface area contributed by atoms with Crippen LogP contribution in [0.5, 0.6) is 0 Å². The quantitative estimate of drug-likeness (QED) is 0.732. The Morgan fingerprint density at radius 2 is 1.87 bits per heavy atom. The van der Waals surface area contributed by atoms with Gasteiger partial charge >= 0.3 is 0 Å². The Balaban J connectivity index is 1.55. The standard InChI is InChI=1S/C23H29N5O2S/c1-13-21(31-15(3)24-13)19-11-18-12-28(14(2)17-5-6-17)23(30)20(18)22(25-19)27-9-7-26(8-10-27)16(4)29/h11,14,17H,5-10,12H2,1-4H3/t14-/m0/s1. The Morgan fingerprint density at radius 1 is 1.16 bits per heavy atom. The number of carbonyl (C=O) groups is 2. The van der Waals surface area contributed by atoms with Gasteiger partial charge in [-0.3, -0.25) is 9.59 Å². The SMILES string of the molecule is CC(=O)N1CCN(c2nc(-c3sc(C)nc3C)cc3c2C(=O)N([C@@H](C)C2CC2)C3)CC1. The van der Waals surface area contributed by atoms with E-state index in [0.717, 1.165) is 38.2 Å². The van der Waals surface area contributed by atoms with Crippen LogP contribution in [-0.2, 0) is 11.3 Å². The molecule has 0 unspecified atom stereocenters. The van der Waals surface area contributed by atoms with E-state index in [4.69, 9.17) is 4.98 Å². The smallest absolute Gasteiger partial charge is 0.258 e. The summed E-state index contributed by atoms with van der Waals surface area (Å²) in [5.74, 6) is 1.61. The number of fused-ring (bicyclic) bond motifs is 1. The van der Waals surface area contributed by atoms with Crippen LogP contribution in [0.25, 0.3) is 10.6 Å². The van der Waals surface area contributed by atoms with Crippen molar-refractivity contribution in [3.8, 4) is 10.6 Å². The third-order valence-electron chi connectivity index (χ3n) is 6.85. The second kappa shape index (κ2) is 7.58. The molecule has 2 aliphatic heterocycles. The molecule has 1 saturated heterocycles. The summed E-state index contributed by atoms with van der Waals surface area (Å²) >= 11 is 1.65. The number of anilines is 1. The van der Waals surface area contributed by atoms with Crippen molar-refractivity contribution >= 4 is 29.0 Å². The largest absolute Gasteiger partial charge is 0.352 e. The van der Waals surface area contributed by atoms with Crippen molar-refractivity contribution in [2.45, 2.75) is 53.1 Å². The zero-order chi connectivity index (χ0) is 21.9. The zero-order valence-electron chi connectivity index (χ0n) is 18.6. The second-order valence-electron chi connectivity index (χ2n) is 9.02. The molecule has 1 atom stereocenters. The van der Waals surface area contributed by atoms with Gasteiger partial charge in [0, 0.05) is 45.7 Å². The molecule has 0 aromatic carbocycles. The van der Waals surface area contributed by atoms with Gasteiger partial charge in [0.05, 0.1) is 26.8 Å². The summed E-state index contributed by atoms with van der Waals surface area (Å²) in [6.45, 7) is 11.2. The third kappa shape index (κ3) is 3.60. The Bertz CT molecular complexity index is 1050. The minimum atomic E-state index is 0.0999. The van der Waals surface area contributed by atoms with E-state index in [9.17, 15) is 9.59 Å². The van der Waals surface area contributed by atoms with E-state index in [0.29, 0.717) is 38.6 Å². The Kier molecular flexibility index (Phi) is 5.00. The van der Waals surface area contributed by atoms with E-state index in [1.54, 1.807) is 18.3 Å². The van der Waals surface area contributed by atoms with Crippen LogP contribution in [0.3, 0.4) is 0 Å². The summed E-state index contributed by atoms with van der Waals surface area (Å²) in [7, 11) is 0. The average molecular weight is 440 g/mol. The van der Waals surface area contributed by atoms with Gasteiger partial charge in [-0.25, -0.2) is 9.97 Å². The Morgan fingerprint density at radius 3 is 2.45 bits per heavy atom. The first kappa shape index (κ1) is 20.4. The van der Waals surface area contributed by atoms with Crippen LogP contribution >= 0.6 is 11.3 Å². The zero-order valence-corrected chi connectivity index (χ0v) is 19.5. The summed E-state index contributed by atoms with van der Waals surface area (Å²) in [5.41, 5.74) is 3.71. The monoisotopic (exact) mass is 439 g/mol. The number of rotatable bonds is 4. The molecule has 2 aromatic heterocycles. The third-order valence-corrected chi connectivity index (χ3v) is 7.95. The molecule has 0 bridgehead atoms. The summed E-state index contributed by atoms with van der Waals surface area (Å²) in [4.78, 5) is 42.1. The van der Waals surface area contributed by atoms with Crippen molar-refractivity contribution in [2.75, 3.05) is 31.1 Å². The highest BCUT2D eigenvalue weighted by atomic mass is 32.1. The predicted octanol–water partition coefficient (Wildman–Crippen LogP) is 3.24. The van der Waals surface area contributed by atoms with Crippen LogP contribution in [0.2, 0.25) is 0 Å². The molecular weight excluding hydrogens is 410 g/mol. The van der Waals surface area contributed by atoms with Crippen molar-refractivity contribution < 1.29 is 9.59 Å². The van der Waals surface area contributed by atoms with E-state index in [1.165, 1.54) is 12.8 Å². The van der Waals surface area contributed by atoms with Gasteiger partial charge in [0.2, 0.25) is 5.91 Å². The van der Waals surface area contributed by atoms with Gasteiger partial charge in [0.1, 0.15) is 5.82 Å². The number of nitrogens with zero attached hydrogens (tertiary/aromatic N) is 5. The highest BCUT2D eigenvalue weighted by molar-refractivity contribution is 7.15. The number of thiazole rings is 1. The molecule has 0 spiro atoms. The fourth-order valence-corrected chi connectivity index (χ4v) is 5.73. The van der Waals surface area contributed by atoms with Gasteiger partial charge < -0.3 is 14.7 Å². The van der Waals surface area contributed by atoms with Crippen LogP contribution in [0.4, 0.5) is 5.82 Å². The van der Waals surface area contributed by atoms with Crippen molar-refractivity contribution in [1.82, 2.24) is 19.8 Å². The first-order valence-corrected chi connectivity index (χ1v) is 11.9. The van der Waals surface area contributed by atoms with Gasteiger partial charge in [-0.15, -0.1) is 11.3 Å². The second-order valence-corrected chi connectivity index (χ2v) is 10.2. The summed E-state index contributed by atoms with van der Waals surface area (Å²) in [5, 5.41) is 1.02. The number of aromatic nitrogens is 2. The fourth-order valence-electron chi connectivity index (χ4n) is 4.85. The van der Waals surface area contributed by atoms with E-state index in [2.05, 4.69) is 22.9 Å². The van der Waals surface area contributed by atoms with Crippen molar-refractivity contribution in [1.29, 1.82) is 0 Å².